The first-order valence-electron chi connectivity index (χ1n) is 5.17. The van der Waals surface area contributed by atoms with E-state index in [1.54, 1.807) is 12.4 Å². The average Bonchev–Trinajstić information content (AvgIpc) is 2.55. The van der Waals surface area contributed by atoms with Crippen LogP contribution in [-0.4, -0.2) is 25.6 Å². The van der Waals surface area contributed by atoms with Gasteiger partial charge in [0.05, 0.1) is 11.7 Å². The van der Waals surface area contributed by atoms with Gasteiger partial charge in [0.25, 0.3) is 0 Å². The third-order valence-electron chi connectivity index (χ3n) is 2.51. The molecule has 17 heavy (non-hydrogen) atoms. The molecule has 2 heterocycles. The average molecular weight is 243 g/mol. The molecule has 2 aromatic heterocycles. The fourth-order valence-corrected chi connectivity index (χ4v) is 1.77. The summed E-state index contributed by atoms with van der Waals surface area (Å²) in [6.45, 7) is 2.60. The van der Waals surface area contributed by atoms with Crippen molar-refractivity contribution >= 4 is 17.0 Å². The van der Waals surface area contributed by atoms with Gasteiger partial charge in [-0.1, -0.05) is 0 Å². The second kappa shape index (κ2) is 6.14. The summed E-state index contributed by atoms with van der Waals surface area (Å²) in [5.41, 5.74) is 1.87. The molecule has 6 heteroatoms. The number of rotatable bonds is 4. The van der Waals surface area contributed by atoms with E-state index in [-0.39, 0.29) is 37.4 Å². The Morgan fingerprint density at radius 2 is 2.35 bits per heavy atom. The topological polar surface area (TPSA) is 68.0 Å². The van der Waals surface area contributed by atoms with E-state index in [9.17, 15) is 4.79 Å². The van der Waals surface area contributed by atoms with Crippen LogP contribution in [0.1, 0.15) is 20.1 Å². The number of aliphatic carboxylic acids is 1. The first-order chi connectivity index (χ1) is 7.68. The second-order valence-corrected chi connectivity index (χ2v) is 3.67. The second-order valence-electron chi connectivity index (χ2n) is 3.67. The normalized spacial score (nSPS) is 10.2. The van der Waals surface area contributed by atoms with Crippen LogP contribution in [-0.2, 0) is 11.3 Å². The van der Waals surface area contributed by atoms with E-state index in [1.165, 1.54) is 0 Å². The molecule has 0 aliphatic rings. The molecule has 0 amide bonds. The number of imidazole rings is 1. The predicted molar refractivity (Wildman–Crippen MR) is 60.2 cm³/mol. The van der Waals surface area contributed by atoms with E-state index in [4.69, 9.17) is 5.11 Å². The van der Waals surface area contributed by atoms with Crippen molar-refractivity contribution < 1.29 is 40.9 Å². The number of hydrogen-bond acceptors (Lipinski definition) is 3. The Morgan fingerprint density at radius 3 is 3.06 bits per heavy atom. The van der Waals surface area contributed by atoms with Crippen molar-refractivity contribution in [3.8, 4) is 0 Å². The Kier molecular flexibility index (Phi) is 5.11. The number of aryl methyl sites for hydroxylation is 2. The molecular weight excluding hydrogens is 229 g/mol. The number of carboxylic acid groups (broad SMARTS) is 1. The van der Waals surface area contributed by atoms with Gasteiger partial charge in [0.1, 0.15) is 11.3 Å². The van der Waals surface area contributed by atoms with Gasteiger partial charge in [-0.25, -0.2) is 4.98 Å². The van der Waals surface area contributed by atoms with Gasteiger partial charge in [-0.2, -0.15) is 0 Å². The molecule has 86 valence electrons. The maximum absolute atomic E-state index is 10.4. The van der Waals surface area contributed by atoms with Crippen LogP contribution >= 0.6 is 0 Å². The zero-order valence-electron chi connectivity index (χ0n) is 11.1. The summed E-state index contributed by atoms with van der Waals surface area (Å²) in [5, 5.41) is 8.59. The molecule has 0 aliphatic carbocycles. The largest absolute Gasteiger partial charge is 1.00 e. The minimum atomic E-state index is -0.760. The molecule has 0 unspecified atom stereocenters. The van der Waals surface area contributed by atoms with Crippen molar-refractivity contribution in [2.45, 2.75) is 26.3 Å². The molecule has 2 aromatic rings. The molecule has 0 atom stereocenters. The van der Waals surface area contributed by atoms with Crippen molar-refractivity contribution in [2.24, 2.45) is 0 Å². The van der Waals surface area contributed by atoms with E-state index in [0.29, 0.717) is 13.0 Å². The zero-order chi connectivity index (χ0) is 11.5. The summed E-state index contributed by atoms with van der Waals surface area (Å²) in [6, 6.07) is 1.90. The molecule has 0 aliphatic heterocycles. The molecule has 0 fully saturated rings. The summed E-state index contributed by atoms with van der Waals surface area (Å²) in [7, 11) is 0. The third-order valence-corrected chi connectivity index (χ3v) is 2.51. The van der Waals surface area contributed by atoms with Gasteiger partial charge in [0.15, 0.2) is 0 Å². The maximum Gasteiger partial charge on any atom is 1.00 e. The standard InChI is InChI=1S/C11H13N3O2.Na.H/c1-8-13-9-7-12-5-4-10(9)14(8)6-2-3-11(15)16;;/h4-5,7H,2-3,6H2,1H3,(H,15,16);;/q;+1;-1. The molecule has 0 saturated carbocycles. The quantitative estimate of drug-likeness (QED) is 0.679. The first kappa shape index (κ1) is 14.2. The number of hydrogen-bond donors (Lipinski definition) is 1. The van der Waals surface area contributed by atoms with Crippen LogP contribution in [0.4, 0.5) is 0 Å². The smallest absolute Gasteiger partial charge is 1.00 e. The van der Waals surface area contributed by atoms with Crippen LogP contribution in [0.3, 0.4) is 0 Å². The summed E-state index contributed by atoms with van der Waals surface area (Å²) in [5.74, 6) is 0.136. The van der Waals surface area contributed by atoms with Crippen molar-refractivity contribution in [1.29, 1.82) is 0 Å². The zero-order valence-corrected chi connectivity index (χ0v) is 12.1. The van der Waals surface area contributed by atoms with Crippen molar-refractivity contribution in [3.05, 3.63) is 24.3 Å². The van der Waals surface area contributed by atoms with Crippen LogP contribution in [0.25, 0.3) is 11.0 Å². The van der Waals surface area contributed by atoms with E-state index >= 15 is 0 Å². The minimum Gasteiger partial charge on any atom is -1.00 e. The van der Waals surface area contributed by atoms with E-state index in [2.05, 4.69) is 9.97 Å². The van der Waals surface area contributed by atoms with Gasteiger partial charge in [-0.15, -0.1) is 0 Å². The SMILES string of the molecule is Cc1nc2cnccc2n1CCCC(=O)O.[H-].[Na+]. The molecule has 2 rings (SSSR count). The molecule has 0 radical (unpaired) electrons. The maximum atomic E-state index is 10.4. The number of pyridine rings is 1. The predicted octanol–water partition coefficient (Wildman–Crippen LogP) is -1.28. The van der Waals surface area contributed by atoms with Gasteiger partial charge < -0.3 is 11.1 Å². The van der Waals surface area contributed by atoms with E-state index < -0.39 is 5.97 Å². The molecule has 0 bridgehead atoms. The molecule has 0 spiro atoms. The number of carboxylic acids is 1. The summed E-state index contributed by atoms with van der Waals surface area (Å²) >= 11 is 0. The Morgan fingerprint density at radius 1 is 1.59 bits per heavy atom. The van der Waals surface area contributed by atoms with Crippen molar-refractivity contribution in [3.63, 3.8) is 0 Å². The monoisotopic (exact) mass is 243 g/mol. The van der Waals surface area contributed by atoms with Gasteiger partial charge in [0.2, 0.25) is 0 Å². The molecule has 1 N–H and O–H groups in total. The van der Waals surface area contributed by atoms with Crippen LogP contribution in [0.15, 0.2) is 18.5 Å². The minimum absolute atomic E-state index is 0. The molecule has 5 nitrogen and oxygen atoms in total. The molecular formula is C11H14N3NaO2. The van der Waals surface area contributed by atoms with Gasteiger partial charge in [0, 0.05) is 19.2 Å². The van der Waals surface area contributed by atoms with Gasteiger partial charge in [-0.3, -0.25) is 9.78 Å². The Labute approximate surface area is 123 Å². The number of carbonyl (C=O) groups is 1. The van der Waals surface area contributed by atoms with E-state index in [0.717, 1.165) is 16.9 Å². The number of aromatic nitrogens is 3. The summed E-state index contributed by atoms with van der Waals surface area (Å²) < 4.78 is 2.03. The van der Waals surface area contributed by atoms with Crippen LogP contribution in [0.2, 0.25) is 0 Å². The Hall–Kier alpha value is -0.910. The van der Waals surface area contributed by atoms with Gasteiger partial charge >= 0.3 is 35.5 Å². The van der Waals surface area contributed by atoms with Crippen LogP contribution in [0.5, 0.6) is 0 Å². The first-order valence-corrected chi connectivity index (χ1v) is 5.17. The van der Waals surface area contributed by atoms with Crippen molar-refractivity contribution in [1.82, 2.24) is 14.5 Å². The summed E-state index contributed by atoms with van der Waals surface area (Å²) in [4.78, 5) is 18.8. The number of nitrogens with zero attached hydrogens (tertiary/aromatic N) is 3. The molecule has 0 aromatic carbocycles. The summed E-state index contributed by atoms with van der Waals surface area (Å²) in [6.07, 6.45) is 4.24. The fourth-order valence-electron chi connectivity index (χ4n) is 1.77. The van der Waals surface area contributed by atoms with Crippen molar-refractivity contribution in [2.75, 3.05) is 0 Å². The number of fused-ring (bicyclic) bond motifs is 1. The Balaban J connectivity index is 0.00000144. The third kappa shape index (κ3) is 3.28. The van der Waals surface area contributed by atoms with Crippen LogP contribution < -0.4 is 29.6 Å². The fraction of sp³-hybridized carbons (Fsp3) is 0.364. The Bertz CT molecular complexity index is 530. The van der Waals surface area contributed by atoms with Crippen LogP contribution in [0, 0.1) is 6.92 Å². The van der Waals surface area contributed by atoms with E-state index in [1.807, 2.05) is 17.6 Å². The van der Waals surface area contributed by atoms with Gasteiger partial charge in [-0.05, 0) is 19.4 Å². The molecule has 0 saturated heterocycles.